The van der Waals surface area contributed by atoms with Gasteiger partial charge in [-0.1, -0.05) is 72.2 Å². The van der Waals surface area contributed by atoms with Gasteiger partial charge in [-0.2, -0.15) is 0 Å². The van der Waals surface area contributed by atoms with Gasteiger partial charge in [0.05, 0.1) is 22.5 Å². The average Bonchev–Trinajstić information content (AvgIpc) is 3.34. The van der Waals surface area contributed by atoms with Crippen LogP contribution in [0.4, 0.5) is 16.2 Å². The number of anilines is 2. The van der Waals surface area contributed by atoms with Crippen molar-refractivity contribution in [2.45, 2.75) is 131 Å². The normalized spacial score (nSPS) is 13.2. The van der Waals surface area contributed by atoms with Crippen molar-refractivity contribution < 1.29 is 52.6 Å². The number of ether oxygens (including phenoxy) is 2. The quantitative estimate of drug-likeness (QED) is 0.0543. The predicted octanol–water partition coefficient (Wildman–Crippen LogP) is 5.07. The molecule has 0 radical (unpaired) electrons. The monoisotopic (exact) mass is 1040 g/mol. The molecule has 400 valence electrons. The van der Waals surface area contributed by atoms with Gasteiger partial charge in [-0.25, -0.2) is 9.59 Å². The third kappa shape index (κ3) is 18.8. The third-order valence-electron chi connectivity index (χ3n) is 10.6. The fraction of sp³-hybridized carbons (Fsp3) is 0.351. The number of hydrogen-bond acceptors (Lipinski definition) is 11. The van der Waals surface area contributed by atoms with Crippen molar-refractivity contribution in [3.63, 3.8) is 0 Å². The summed E-state index contributed by atoms with van der Waals surface area (Å²) in [5, 5.41) is 21.0. The Kier molecular flexibility index (Phi) is 21.0. The molecule has 8 N–H and O–H groups in total. The van der Waals surface area contributed by atoms with E-state index < -0.39 is 101 Å². The third-order valence-corrected chi connectivity index (χ3v) is 10.6. The maximum absolute atomic E-state index is 13.6. The van der Waals surface area contributed by atoms with Crippen LogP contribution in [0.15, 0.2) is 97.1 Å². The van der Waals surface area contributed by atoms with Crippen LogP contribution in [-0.2, 0) is 38.2 Å². The molecule has 8 amide bonds. The lowest BCUT2D eigenvalue weighted by molar-refractivity contribution is -0.158. The molecule has 0 aromatic heterocycles. The fourth-order valence-electron chi connectivity index (χ4n) is 6.56. The first kappa shape index (κ1) is 59.6. The van der Waals surface area contributed by atoms with Gasteiger partial charge < -0.3 is 52.0 Å². The molecular formula is C57H66N8O11. The van der Waals surface area contributed by atoms with Crippen LogP contribution in [0.3, 0.4) is 0 Å². The van der Waals surface area contributed by atoms with E-state index in [4.69, 9.17) is 9.47 Å². The zero-order chi connectivity index (χ0) is 56.5. The van der Waals surface area contributed by atoms with E-state index in [1.807, 2.05) is 0 Å². The Labute approximate surface area is 443 Å². The molecule has 19 nitrogen and oxygen atoms in total. The van der Waals surface area contributed by atoms with E-state index in [0.717, 1.165) is 0 Å². The molecule has 0 aliphatic carbocycles. The lowest BCUT2D eigenvalue weighted by Crippen LogP contribution is -2.51. The van der Waals surface area contributed by atoms with E-state index in [1.54, 1.807) is 133 Å². The second-order valence-corrected chi connectivity index (χ2v) is 19.6. The number of carbonyl (C=O) groups is 9. The second-order valence-electron chi connectivity index (χ2n) is 19.6. The molecule has 76 heavy (non-hydrogen) atoms. The van der Waals surface area contributed by atoms with E-state index in [0.29, 0.717) is 33.6 Å². The molecular weight excluding hydrogens is 973 g/mol. The zero-order valence-corrected chi connectivity index (χ0v) is 44.7. The topological polar surface area (TPSA) is 268 Å². The summed E-state index contributed by atoms with van der Waals surface area (Å²) in [7, 11) is 0. The molecule has 4 aromatic carbocycles. The zero-order valence-electron chi connectivity index (χ0n) is 44.7. The van der Waals surface area contributed by atoms with Crippen LogP contribution in [-0.4, -0.2) is 101 Å². The Bertz CT molecular complexity index is 2970. The van der Waals surface area contributed by atoms with Crippen LogP contribution in [0.25, 0.3) is 0 Å². The number of amides is 8. The summed E-state index contributed by atoms with van der Waals surface area (Å²) in [6, 6.07) is 20.1. The Hall–Kier alpha value is -8.97. The Morgan fingerprint density at radius 2 is 0.671 bits per heavy atom. The molecule has 6 atom stereocenters. The molecule has 19 heteroatoms. The minimum absolute atomic E-state index is 0.150. The highest BCUT2D eigenvalue weighted by molar-refractivity contribution is 6.03. The summed E-state index contributed by atoms with van der Waals surface area (Å²) >= 11 is 0. The molecule has 0 saturated carbocycles. The van der Waals surface area contributed by atoms with Crippen molar-refractivity contribution >= 4 is 64.8 Å². The summed E-state index contributed by atoms with van der Waals surface area (Å²) < 4.78 is 10.5. The Balaban J connectivity index is 1.36. The highest BCUT2D eigenvalue weighted by Crippen LogP contribution is 2.18. The molecule has 4 aromatic rings. The molecule has 0 aliphatic rings. The highest BCUT2D eigenvalue weighted by atomic mass is 16.6. The number of nitrogens with one attached hydrogen (secondary N) is 8. The summed E-state index contributed by atoms with van der Waals surface area (Å²) in [6.07, 6.45) is -0.782. The van der Waals surface area contributed by atoms with Crippen molar-refractivity contribution in [1.29, 1.82) is 0 Å². The predicted molar refractivity (Wildman–Crippen MR) is 286 cm³/mol. The molecule has 0 heterocycles. The minimum Gasteiger partial charge on any atom is -0.458 e. The van der Waals surface area contributed by atoms with Crippen LogP contribution in [0.5, 0.6) is 0 Å². The van der Waals surface area contributed by atoms with Crippen molar-refractivity contribution in [2.75, 3.05) is 10.6 Å². The van der Waals surface area contributed by atoms with Crippen LogP contribution in [0.2, 0.25) is 0 Å². The van der Waals surface area contributed by atoms with Crippen molar-refractivity contribution in [2.24, 2.45) is 0 Å². The van der Waals surface area contributed by atoms with Crippen LogP contribution in [0.1, 0.15) is 126 Å². The molecule has 0 fully saturated rings. The number of esters is 1. The SMILES string of the molecule is C[C@H](NC(=O)OC(C)(C)C)C(=O)N[C@@H](C)C(=O)Nc1ccccc1C#Cc1ccccc1C(=O)N[C@@H](C)C(=O)N[C@@H](C)C(=O)Nc1ccccc1C#Cc1ccccc1C(=O)N[C@@H](C)C(=O)N[C@@H](C)C(=O)OC(C)(C)C. The van der Waals surface area contributed by atoms with E-state index >= 15 is 0 Å². The van der Waals surface area contributed by atoms with Crippen LogP contribution in [0, 0.1) is 23.7 Å². The number of rotatable bonds is 16. The molecule has 0 bridgehead atoms. The fourth-order valence-corrected chi connectivity index (χ4v) is 6.56. The van der Waals surface area contributed by atoms with Gasteiger partial charge in [0.2, 0.25) is 29.5 Å². The minimum atomic E-state index is -1.10. The lowest BCUT2D eigenvalue weighted by atomic mass is 10.1. The summed E-state index contributed by atoms with van der Waals surface area (Å²) in [4.78, 5) is 117. The van der Waals surface area contributed by atoms with Gasteiger partial charge in [-0.15, -0.1) is 0 Å². The first-order valence-electron chi connectivity index (χ1n) is 24.4. The summed E-state index contributed by atoms with van der Waals surface area (Å²) in [5.74, 6) is 7.07. The second kappa shape index (κ2) is 26.8. The van der Waals surface area contributed by atoms with Gasteiger partial charge in [-0.05, 0) is 132 Å². The van der Waals surface area contributed by atoms with Crippen molar-refractivity contribution in [1.82, 2.24) is 31.9 Å². The molecule has 0 saturated heterocycles. The van der Waals surface area contributed by atoms with Gasteiger partial charge in [0, 0.05) is 22.3 Å². The van der Waals surface area contributed by atoms with E-state index in [9.17, 15) is 43.2 Å². The molecule has 0 unspecified atom stereocenters. The van der Waals surface area contributed by atoms with Crippen LogP contribution < -0.4 is 42.5 Å². The van der Waals surface area contributed by atoms with E-state index in [-0.39, 0.29) is 11.1 Å². The number of carbonyl (C=O) groups excluding carboxylic acids is 9. The molecule has 0 aliphatic heterocycles. The van der Waals surface area contributed by atoms with Crippen LogP contribution >= 0.6 is 0 Å². The number of para-hydroxylation sites is 2. The van der Waals surface area contributed by atoms with E-state index in [2.05, 4.69) is 66.2 Å². The van der Waals surface area contributed by atoms with Gasteiger partial charge in [-0.3, -0.25) is 33.6 Å². The number of hydrogen-bond donors (Lipinski definition) is 8. The summed E-state index contributed by atoms with van der Waals surface area (Å²) in [5.41, 5.74) is 0.880. The maximum atomic E-state index is 13.6. The smallest absolute Gasteiger partial charge is 0.408 e. The largest absolute Gasteiger partial charge is 0.458 e. The Morgan fingerprint density at radius 3 is 1.05 bits per heavy atom. The number of alkyl carbamates (subject to hydrolysis) is 1. The van der Waals surface area contributed by atoms with Gasteiger partial charge in [0.15, 0.2) is 0 Å². The standard InChI is InChI=1S/C57H66N8O11/c1-33(60-52(71)43-25-17-13-21-39(43)29-31-42-24-16-20-28-46(42)65-51(70)36(4)59-49(68)37(5)63-55(74)76-57(10,11)12)47(66)58-35(3)50(69)64-45-27-19-15-23-41(45)32-30-40-22-14-18-26-44(40)53(72)61-34(2)48(67)62-38(6)54(73)75-56(7,8)9/h13-28,33-38H,1-12H3,(H,58,66)(H,59,68)(H,60,71)(H,61,72)(H,62,67)(H,63,74)(H,64,69)(H,65,70)/t33-,34-,35-,36-,37-,38-/m0/s1. The molecule has 0 spiro atoms. The average molecular weight is 1040 g/mol. The lowest BCUT2D eigenvalue weighted by Gasteiger charge is -2.23. The van der Waals surface area contributed by atoms with Crippen molar-refractivity contribution in [3.8, 4) is 23.7 Å². The number of benzene rings is 4. The first-order valence-corrected chi connectivity index (χ1v) is 24.4. The van der Waals surface area contributed by atoms with E-state index in [1.165, 1.54) is 47.6 Å². The Morgan fingerprint density at radius 1 is 0.368 bits per heavy atom. The van der Waals surface area contributed by atoms with Gasteiger partial charge >= 0.3 is 12.1 Å². The van der Waals surface area contributed by atoms with Gasteiger partial charge in [0.1, 0.15) is 47.5 Å². The van der Waals surface area contributed by atoms with Gasteiger partial charge in [0.25, 0.3) is 11.8 Å². The van der Waals surface area contributed by atoms with Crippen molar-refractivity contribution in [3.05, 3.63) is 130 Å². The highest BCUT2D eigenvalue weighted by Gasteiger charge is 2.28. The summed E-state index contributed by atoms with van der Waals surface area (Å²) in [6.45, 7) is 19.0. The molecule has 4 rings (SSSR count). The first-order chi connectivity index (χ1) is 35.6. The maximum Gasteiger partial charge on any atom is 0.408 e.